The Morgan fingerprint density at radius 3 is 3.06 bits per heavy atom. The van der Waals surface area contributed by atoms with Gasteiger partial charge in [-0.2, -0.15) is 0 Å². The molecule has 0 spiro atoms. The summed E-state index contributed by atoms with van der Waals surface area (Å²) in [7, 11) is 2.04. The second kappa shape index (κ2) is 5.41. The van der Waals surface area contributed by atoms with Crippen LogP contribution in [0.1, 0.15) is 4.88 Å². The Labute approximate surface area is 107 Å². The smallest absolute Gasteiger partial charge is 0.146 e. The van der Waals surface area contributed by atoms with E-state index < -0.39 is 0 Å². The normalized spacial score (nSPS) is 10.4. The van der Waals surface area contributed by atoms with Crippen LogP contribution in [0.5, 0.6) is 0 Å². The Hall–Kier alpha value is -0.940. The lowest BCUT2D eigenvalue weighted by Gasteiger charge is -2.18. The third-order valence-corrected chi connectivity index (χ3v) is 3.78. The van der Waals surface area contributed by atoms with Crippen LogP contribution in [0.2, 0.25) is 0 Å². The van der Waals surface area contributed by atoms with Crippen molar-refractivity contribution in [3.8, 4) is 0 Å². The molecule has 2 aromatic rings. The maximum atomic E-state index is 4.25. The van der Waals surface area contributed by atoms with Gasteiger partial charge in [0.05, 0.1) is 4.47 Å². The summed E-state index contributed by atoms with van der Waals surface area (Å²) in [4.78, 5) is 11.7. The molecular formula is C11H12BrN3S. The number of likely N-dealkylation sites (N-methyl/N-ethyl adjacent to an activating group) is 1. The quantitative estimate of drug-likeness (QED) is 0.869. The summed E-state index contributed by atoms with van der Waals surface area (Å²) in [5, 5.41) is 2.11. The largest absolute Gasteiger partial charge is 0.358 e. The van der Waals surface area contributed by atoms with Gasteiger partial charge in [0.15, 0.2) is 0 Å². The van der Waals surface area contributed by atoms with E-state index in [0.29, 0.717) is 0 Å². The minimum Gasteiger partial charge on any atom is -0.358 e. The summed E-state index contributed by atoms with van der Waals surface area (Å²) in [6.45, 7) is 0.954. The van der Waals surface area contributed by atoms with Gasteiger partial charge < -0.3 is 4.90 Å². The molecule has 5 heteroatoms. The number of halogens is 1. The Morgan fingerprint density at radius 1 is 1.50 bits per heavy atom. The Kier molecular flexibility index (Phi) is 3.90. The van der Waals surface area contributed by atoms with Crippen LogP contribution in [0.3, 0.4) is 0 Å². The highest BCUT2D eigenvalue weighted by Crippen LogP contribution is 2.21. The molecule has 0 fully saturated rings. The Bertz CT molecular complexity index is 444. The van der Waals surface area contributed by atoms with Crippen molar-refractivity contribution < 1.29 is 0 Å². The van der Waals surface area contributed by atoms with Crippen molar-refractivity contribution in [3.05, 3.63) is 39.4 Å². The minimum atomic E-state index is 0.934. The molecule has 16 heavy (non-hydrogen) atoms. The molecule has 0 aliphatic rings. The van der Waals surface area contributed by atoms with Crippen LogP contribution in [-0.2, 0) is 6.42 Å². The second-order valence-electron chi connectivity index (χ2n) is 3.45. The molecule has 0 saturated heterocycles. The molecule has 0 aliphatic carbocycles. The predicted octanol–water partition coefficient (Wildman–Crippen LogP) is 2.98. The van der Waals surface area contributed by atoms with E-state index in [9.17, 15) is 0 Å². The zero-order chi connectivity index (χ0) is 11.4. The van der Waals surface area contributed by atoms with Crippen molar-refractivity contribution in [2.75, 3.05) is 18.5 Å². The van der Waals surface area contributed by atoms with Gasteiger partial charge in [0.1, 0.15) is 12.1 Å². The van der Waals surface area contributed by atoms with E-state index in [1.54, 1.807) is 23.9 Å². The lowest BCUT2D eigenvalue weighted by atomic mass is 10.3. The standard InChI is InChI=1S/C11H12BrN3S/c1-15(5-4-9-3-2-6-16-9)11-10(12)7-13-8-14-11/h2-3,6-8H,4-5H2,1H3. The third-order valence-electron chi connectivity index (χ3n) is 2.28. The number of anilines is 1. The third kappa shape index (κ3) is 2.80. The average molecular weight is 298 g/mol. The molecule has 0 aromatic carbocycles. The molecule has 0 aliphatic heterocycles. The summed E-state index contributed by atoms with van der Waals surface area (Å²) in [5.74, 6) is 0.937. The maximum Gasteiger partial charge on any atom is 0.146 e. The number of aromatic nitrogens is 2. The highest BCUT2D eigenvalue weighted by Gasteiger charge is 2.07. The predicted molar refractivity (Wildman–Crippen MR) is 71.0 cm³/mol. The van der Waals surface area contributed by atoms with E-state index >= 15 is 0 Å². The minimum absolute atomic E-state index is 0.934. The first-order chi connectivity index (χ1) is 7.77. The monoisotopic (exact) mass is 297 g/mol. The van der Waals surface area contributed by atoms with Gasteiger partial charge in [0, 0.05) is 24.7 Å². The molecule has 0 N–H and O–H groups in total. The van der Waals surface area contributed by atoms with E-state index in [1.807, 2.05) is 7.05 Å². The Balaban J connectivity index is 1.98. The van der Waals surface area contributed by atoms with Crippen molar-refractivity contribution in [1.82, 2.24) is 9.97 Å². The molecular weight excluding hydrogens is 286 g/mol. The van der Waals surface area contributed by atoms with Crippen LogP contribution < -0.4 is 4.90 Å². The molecule has 0 bridgehead atoms. The van der Waals surface area contributed by atoms with Gasteiger partial charge in [0.25, 0.3) is 0 Å². The number of hydrogen-bond donors (Lipinski definition) is 0. The number of hydrogen-bond acceptors (Lipinski definition) is 4. The van der Waals surface area contributed by atoms with Gasteiger partial charge in [-0.15, -0.1) is 11.3 Å². The summed E-state index contributed by atoms with van der Waals surface area (Å²) in [6.07, 6.45) is 4.39. The molecule has 0 atom stereocenters. The molecule has 2 aromatic heterocycles. The second-order valence-corrected chi connectivity index (χ2v) is 5.33. The van der Waals surface area contributed by atoms with E-state index in [1.165, 1.54) is 4.88 Å². The Morgan fingerprint density at radius 2 is 2.38 bits per heavy atom. The zero-order valence-electron chi connectivity index (χ0n) is 8.93. The topological polar surface area (TPSA) is 29.0 Å². The molecule has 0 amide bonds. The molecule has 84 valence electrons. The lowest BCUT2D eigenvalue weighted by molar-refractivity contribution is 0.860. The van der Waals surface area contributed by atoms with Crippen LogP contribution in [0.15, 0.2) is 34.5 Å². The van der Waals surface area contributed by atoms with Crippen LogP contribution >= 0.6 is 27.3 Å². The fraction of sp³-hybridized carbons (Fsp3) is 0.273. The van der Waals surface area contributed by atoms with Crippen molar-refractivity contribution in [3.63, 3.8) is 0 Å². The SMILES string of the molecule is CN(CCc1cccs1)c1ncncc1Br. The summed E-state index contributed by atoms with van der Waals surface area (Å²) < 4.78 is 0.934. The first kappa shape index (κ1) is 11.5. The van der Waals surface area contributed by atoms with E-state index in [0.717, 1.165) is 23.3 Å². The lowest BCUT2D eigenvalue weighted by Crippen LogP contribution is -2.21. The molecule has 2 heterocycles. The fourth-order valence-electron chi connectivity index (χ4n) is 1.43. The van der Waals surface area contributed by atoms with E-state index in [4.69, 9.17) is 0 Å². The number of rotatable bonds is 4. The van der Waals surface area contributed by atoms with Gasteiger partial charge in [-0.25, -0.2) is 9.97 Å². The molecule has 0 radical (unpaired) electrons. The van der Waals surface area contributed by atoms with Gasteiger partial charge in [0.2, 0.25) is 0 Å². The van der Waals surface area contributed by atoms with Gasteiger partial charge in [-0.1, -0.05) is 6.07 Å². The van der Waals surface area contributed by atoms with Crippen LogP contribution in [0, 0.1) is 0 Å². The highest BCUT2D eigenvalue weighted by molar-refractivity contribution is 9.10. The molecule has 3 nitrogen and oxygen atoms in total. The van der Waals surface area contributed by atoms with Crippen LogP contribution in [0.4, 0.5) is 5.82 Å². The summed E-state index contributed by atoms with van der Waals surface area (Å²) >= 11 is 5.24. The summed E-state index contributed by atoms with van der Waals surface area (Å²) in [5.41, 5.74) is 0. The zero-order valence-corrected chi connectivity index (χ0v) is 11.3. The summed E-state index contributed by atoms with van der Waals surface area (Å²) in [6, 6.07) is 4.24. The fourth-order valence-corrected chi connectivity index (χ4v) is 2.65. The maximum absolute atomic E-state index is 4.25. The molecule has 0 saturated carbocycles. The first-order valence-corrected chi connectivity index (χ1v) is 6.63. The van der Waals surface area contributed by atoms with Crippen molar-refractivity contribution in [1.29, 1.82) is 0 Å². The molecule has 2 rings (SSSR count). The van der Waals surface area contributed by atoms with Crippen LogP contribution in [0.25, 0.3) is 0 Å². The number of thiophene rings is 1. The van der Waals surface area contributed by atoms with Gasteiger partial charge in [-0.05, 0) is 33.8 Å². The number of nitrogens with zero attached hydrogens (tertiary/aromatic N) is 3. The van der Waals surface area contributed by atoms with Gasteiger partial charge >= 0.3 is 0 Å². The van der Waals surface area contributed by atoms with Crippen LogP contribution in [-0.4, -0.2) is 23.6 Å². The van der Waals surface area contributed by atoms with E-state index in [-0.39, 0.29) is 0 Å². The average Bonchev–Trinajstić information content (AvgIpc) is 2.79. The van der Waals surface area contributed by atoms with Crippen molar-refractivity contribution in [2.24, 2.45) is 0 Å². The first-order valence-electron chi connectivity index (χ1n) is 4.96. The molecule has 0 unspecified atom stereocenters. The van der Waals surface area contributed by atoms with Crippen molar-refractivity contribution >= 4 is 33.1 Å². The highest BCUT2D eigenvalue weighted by atomic mass is 79.9. The van der Waals surface area contributed by atoms with Gasteiger partial charge in [-0.3, -0.25) is 0 Å². The van der Waals surface area contributed by atoms with Crippen molar-refractivity contribution in [2.45, 2.75) is 6.42 Å². The van der Waals surface area contributed by atoms with E-state index in [2.05, 4.69) is 48.3 Å².